The maximum atomic E-state index is 12.9. The van der Waals surface area contributed by atoms with Gasteiger partial charge in [-0.25, -0.2) is 4.79 Å². The van der Waals surface area contributed by atoms with Crippen LogP contribution in [-0.2, 0) is 17.9 Å². The molecule has 4 rings (SSSR count). The summed E-state index contributed by atoms with van der Waals surface area (Å²) in [5.74, 6) is 0.635. The monoisotopic (exact) mass is 467 g/mol. The average molecular weight is 468 g/mol. The van der Waals surface area contributed by atoms with Crippen molar-refractivity contribution in [3.05, 3.63) is 100 Å². The van der Waals surface area contributed by atoms with E-state index in [1.807, 2.05) is 50.2 Å². The van der Waals surface area contributed by atoms with Gasteiger partial charge in [-0.2, -0.15) is 5.26 Å². The molecule has 0 atom stereocenters. The topological polar surface area (TPSA) is 91.7 Å². The molecule has 7 nitrogen and oxygen atoms in total. The summed E-state index contributed by atoms with van der Waals surface area (Å²) in [7, 11) is 0. The molecule has 1 aliphatic heterocycles. The van der Waals surface area contributed by atoms with Crippen LogP contribution in [0.5, 0.6) is 11.5 Å². The molecule has 1 saturated heterocycles. The SMILES string of the molecule is CCOc1cc(/C=C2/NC(=O)N(Cc3ccc(C)cc3)C2=O)ccc1OCc1ccccc1C#N. The minimum Gasteiger partial charge on any atom is -0.490 e. The van der Waals surface area contributed by atoms with Gasteiger partial charge in [0.15, 0.2) is 11.5 Å². The Balaban J connectivity index is 1.51. The summed E-state index contributed by atoms with van der Waals surface area (Å²) in [6.45, 7) is 4.68. The van der Waals surface area contributed by atoms with Crippen LogP contribution in [0.2, 0.25) is 0 Å². The first-order valence-corrected chi connectivity index (χ1v) is 11.3. The third-order valence-corrected chi connectivity index (χ3v) is 5.52. The largest absolute Gasteiger partial charge is 0.490 e. The van der Waals surface area contributed by atoms with Crippen LogP contribution >= 0.6 is 0 Å². The van der Waals surface area contributed by atoms with Gasteiger partial charge in [0.25, 0.3) is 5.91 Å². The van der Waals surface area contributed by atoms with Crippen molar-refractivity contribution in [3.63, 3.8) is 0 Å². The van der Waals surface area contributed by atoms with E-state index in [2.05, 4.69) is 11.4 Å². The highest BCUT2D eigenvalue weighted by atomic mass is 16.5. The molecule has 0 unspecified atom stereocenters. The molecule has 3 aromatic rings. The fourth-order valence-corrected chi connectivity index (χ4v) is 3.67. The van der Waals surface area contributed by atoms with Crippen molar-refractivity contribution in [1.29, 1.82) is 5.26 Å². The number of carbonyl (C=O) groups excluding carboxylic acids is 2. The lowest BCUT2D eigenvalue weighted by Gasteiger charge is -2.13. The number of carbonyl (C=O) groups is 2. The van der Waals surface area contributed by atoms with E-state index >= 15 is 0 Å². The van der Waals surface area contributed by atoms with Crippen LogP contribution in [0.1, 0.15) is 34.7 Å². The molecule has 7 heteroatoms. The summed E-state index contributed by atoms with van der Waals surface area (Å²) >= 11 is 0. The Bertz CT molecular complexity index is 1320. The molecule has 0 aliphatic carbocycles. The molecule has 3 aromatic carbocycles. The number of hydrogen-bond donors (Lipinski definition) is 1. The van der Waals surface area contributed by atoms with Crippen LogP contribution in [0.4, 0.5) is 4.79 Å². The molecular formula is C28H25N3O4. The van der Waals surface area contributed by atoms with Crippen LogP contribution in [-0.4, -0.2) is 23.4 Å². The maximum Gasteiger partial charge on any atom is 0.329 e. The molecule has 1 N–H and O–H groups in total. The second kappa shape index (κ2) is 10.6. The first-order valence-electron chi connectivity index (χ1n) is 11.3. The second-order valence-electron chi connectivity index (χ2n) is 8.06. The Hall–Kier alpha value is -4.57. The van der Waals surface area contributed by atoms with E-state index in [9.17, 15) is 14.9 Å². The number of nitrogens with zero attached hydrogens (tertiary/aromatic N) is 2. The van der Waals surface area contributed by atoms with Crippen LogP contribution in [0.15, 0.2) is 72.4 Å². The fraction of sp³-hybridized carbons (Fsp3) is 0.179. The molecule has 0 saturated carbocycles. The predicted molar refractivity (Wildman–Crippen MR) is 131 cm³/mol. The van der Waals surface area contributed by atoms with Gasteiger partial charge in [-0.3, -0.25) is 9.69 Å². The minimum atomic E-state index is -0.456. The van der Waals surface area contributed by atoms with E-state index in [1.165, 1.54) is 4.90 Å². The van der Waals surface area contributed by atoms with Crippen molar-refractivity contribution in [3.8, 4) is 17.6 Å². The minimum absolute atomic E-state index is 0.196. The van der Waals surface area contributed by atoms with E-state index < -0.39 is 6.03 Å². The normalized spacial score (nSPS) is 14.1. The Morgan fingerprint density at radius 1 is 1.00 bits per heavy atom. The Kier molecular flexibility index (Phi) is 7.12. The highest BCUT2D eigenvalue weighted by Crippen LogP contribution is 2.31. The standard InChI is InChI=1S/C28H25N3O4/c1-3-34-26-15-21(12-13-25(26)35-18-23-7-5-4-6-22(23)16-29)14-24-27(32)31(28(33)30-24)17-20-10-8-19(2)9-11-20/h4-15H,3,17-18H2,1-2H3,(H,30,33)/b24-14+. The van der Waals surface area contributed by atoms with Gasteiger partial charge < -0.3 is 14.8 Å². The average Bonchev–Trinajstić information content (AvgIpc) is 3.12. The summed E-state index contributed by atoms with van der Waals surface area (Å²) < 4.78 is 11.7. The van der Waals surface area contributed by atoms with Gasteiger partial charge >= 0.3 is 6.03 Å². The number of nitriles is 1. The molecule has 176 valence electrons. The zero-order valence-electron chi connectivity index (χ0n) is 19.6. The van der Waals surface area contributed by atoms with E-state index in [-0.39, 0.29) is 24.8 Å². The fourth-order valence-electron chi connectivity index (χ4n) is 3.67. The molecule has 1 aliphatic rings. The quantitative estimate of drug-likeness (QED) is 0.374. The van der Waals surface area contributed by atoms with Crippen molar-refractivity contribution >= 4 is 18.0 Å². The van der Waals surface area contributed by atoms with Crippen molar-refractivity contribution in [1.82, 2.24) is 10.2 Å². The van der Waals surface area contributed by atoms with Crippen molar-refractivity contribution < 1.29 is 19.1 Å². The van der Waals surface area contributed by atoms with Crippen molar-refractivity contribution in [2.75, 3.05) is 6.61 Å². The Morgan fingerprint density at radius 3 is 2.51 bits per heavy atom. The zero-order valence-corrected chi connectivity index (χ0v) is 19.6. The van der Waals surface area contributed by atoms with E-state index in [4.69, 9.17) is 9.47 Å². The number of ether oxygens (including phenoxy) is 2. The number of rotatable bonds is 8. The Labute approximate surface area is 204 Å². The number of imide groups is 1. The molecule has 35 heavy (non-hydrogen) atoms. The van der Waals surface area contributed by atoms with Gasteiger partial charge in [0, 0.05) is 5.56 Å². The lowest BCUT2D eigenvalue weighted by Crippen LogP contribution is -2.30. The molecule has 3 amide bonds. The molecular weight excluding hydrogens is 442 g/mol. The maximum absolute atomic E-state index is 12.9. The van der Waals surface area contributed by atoms with Crippen LogP contribution in [0, 0.1) is 18.3 Å². The number of aryl methyl sites for hydroxylation is 1. The van der Waals surface area contributed by atoms with Crippen molar-refractivity contribution in [2.24, 2.45) is 0 Å². The number of nitrogens with one attached hydrogen (secondary N) is 1. The Morgan fingerprint density at radius 2 is 1.77 bits per heavy atom. The van der Waals surface area contributed by atoms with Crippen molar-refractivity contribution in [2.45, 2.75) is 27.0 Å². The molecule has 0 aromatic heterocycles. The zero-order chi connectivity index (χ0) is 24.8. The lowest BCUT2D eigenvalue weighted by atomic mass is 10.1. The van der Waals surface area contributed by atoms with E-state index in [0.29, 0.717) is 29.2 Å². The number of amides is 3. The summed E-state index contributed by atoms with van der Waals surface area (Å²) in [5, 5.41) is 11.9. The highest BCUT2D eigenvalue weighted by Gasteiger charge is 2.33. The molecule has 1 fully saturated rings. The first-order chi connectivity index (χ1) is 17.0. The predicted octanol–water partition coefficient (Wildman–Crippen LogP) is 4.94. The smallest absolute Gasteiger partial charge is 0.329 e. The van der Waals surface area contributed by atoms with Gasteiger partial charge in [-0.15, -0.1) is 0 Å². The van der Waals surface area contributed by atoms with E-state index in [0.717, 1.165) is 16.7 Å². The van der Waals surface area contributed by atoms with Gasteiger partial charge in [0.2, 0.25) is 0 Å². The first kappa shape index (κ1) is 23.6. The molecule has 0 spiro atoms. The highest BCUT2D eigenvalue weighted by molar-refractivity contribution is 6.13. The van der Waals surface area contributed by atoms with Crippen LogP contribution in [0.25, 0.3) is 6.08 Å². The number of hydrogen-bond acceptors (Lipinski definition) is 5. The van der Waals surface area contributed by atoms with Gasteiger partial charge in [-0.1, -0.05) is 54.1 Å². The third kappa shape index (κ3) is 5.50. The lowest BCUT2D eigenvalue weighted by molar-refractivity contribution is -0.123. The summed E-state index contributed by atoms with van der Waals surface area (Å²) in [5.41, 5.74) is 4.19. The second-order valence-corrected chi connectivity index (χ2v) is 8.06. The van der Waals surface area contributed by atoms with Crippen LogP contribution in [0.3, 0.4) is 0 Å². The summed E-state index contributed by atoms with van der Waals surface area (Å²) in [6.07, 6.45) is 1.62. The number of benzene rings is 3. The molecule has 0 radical (unpaired) electrons. The number of urea groups is 1. The third-order valence-electron chi connectivity index (χ3n) is 5.52. The van der Waals surface area contributed by atoms with E-state index in [1.54, 1.807) is 36.4 Å². The van der Waals surface area contributed by atoms with Crippen LogP contribution < -0.4 is 14.8 Å². The van der Waals surface area contributed by atoms with Gasteiger partial charge in [0.1, 0.15) is 12.3 Å². The molecule has 0 bridgehead atoms. The summed E-state index contributed by atoms with van der Waals surface area (Å²) in [6, 6.07) is 21.9. The molecule has 1 heterocycles. The van der Waals surface area contributed by atoms with Gasteiger partial charge in [-0.05, 0) is 49.2 Å². The summed E-state index contributed by atoms with van der Waals surface area (Å²) in [4.78, 5) is 26.5. The van der Waals surface area contributed by atoms with Gasteiger partial charge in [0.05, 0.1) is 24.8 Å².